The number of nitrogens with one attached hydrogen (secondary N) is 2. The van der Waals surface area contributed by atoms with Gasteiger partial charge in [-0.25, -0.2) is 18.6 Å². The molecule has 0 saturated heterocycles. The molecule has 3 N–H and O–H groups in total. The van der Waals surface area contributed by atoms with Crippen molar-refractivity contribution in [3.8, 4) is 6.07 Å². The highest BCUT2D eigenvalue weighted by Crippen LogP contribution is 2.40. The van der Waals surface area contributed by atoms with Crippen LogP contribution in [0.3, 0.4) is 0 Å². The number of benzene rings is 1. The van der Waals surface area contributed by atoms with Gasteiger partial charge >= 0.3 is 6.09 Å². The molecule has 1 saturated carbocycles. The lowest BCUT2D eigenvalue weighted by Gasteiger charge is -2.51. The molecule has 2 aromatic rings. The number of carbonyl (C=O) groups is 1. The number of aromatic nitrogens is 1. The molecule has 0 radical (unpaired) electrons. The number of nitrogens with zero attached hydrogens (tertiary/aromatic N) is 3. The molecule has 1 aromatic carbocycles. The Morgan fingerprint density at radius 3 is 2.41 bits per heavy atom. The van der Waals surface area contributed by atoms with Crippen molar-refractivity contribution in [2.45, 2.75) is 44.8 Å². The summed E-state index contributed by atoms with van der Waals surface area (Å²) < 4.78 is 27.8. The van der Waals surface area contributed by atoms with Crippen LogP contribution in [0.2, 0.25) is 0 Å². The predicted molar refractivity (Wildman–Crippen MR) is 104 cm³/mol. The fraction of sp³-hybridized carbons (Fsp3) is 0.350. The quantitative estimate of drug-likeness (QED) is 0.609. The van der Waals surface area contributed by atoms with Crippen molar-refractivity contribution in [2.24, 2.45) is 0 Å². The minimum Gasteiger partial charge on any atom is -0.465 e. The largest absolute Gasteiger partial charge is 0.465 e. The van der Waals surface area contributed by atoms with Crippen LogP contribution < -0.4 is 10.6 Å². The normalized spacial score (nSPS) is 14.6. The minimum absolute atomic E-state index is 0.0287. The number of amides is 1. The summed E-state index contributed by atoms with van der Waals surface area (Å²) in [6.45, 7) is 3.50. The first-order valence-electron chi connectivity index (χ1n) is 9.19. The molecule has 3 rings (SSSR count). The molecule has 1 heterocycles. The summed E-state index contributed by atoms with van der Waals surface area (Å²) in [7, 11) is 0. The van der Waals surface area contributed by atoms with Gasteiger partial charge in [0.05, 0.1) is 5.56 Å². The predicted octanol–water partition coefficient (Wildman–Crippen LogP) is 4.66. The second-order valence-electron chi connectivity index (χ2n) is 7.22. The highest BCUT2D eigenvalue weighted by Gasteiger charge is 2.47. The van der Waals surface area contributed by atoms with Crippen molar-refractivity contribution in [3.05, 3.63) is 47.5 Å². The summed E-state index contributed by atoms with van der Waals surface area (Å²) >= 11 is 0. The van der Waals surface area contributed by atoms with Gasteiger partial charge in [0.1, 0.15) is 17.5 Å². The topological polar surface area (TPSA) is 101 Å². The minimum atomic E-state index is -1.11. The molecule has 7 nitrogen and oxygen atoms in total. The van der Waals surface area contributed by atoms with Crippen LogP contribution in [0.4, 0.5) is 30.9 Å². The molecule has 152 valence electrons. The molecule has 0 atom stereocenters. The fourth-order valence-corrected chi connectivity index (χ4v) is 3.48. The number of nitriles is 1. The van der Waals surface area contributed by atoms with Crippen LogP contribution in [-0.2, 0) is 0 Å². The van der Waals surface area contributed by atoms with Gasteiger partial charge in [-0.05, 0) is 63.4 Å². The van der Waals surface area contributed by atoms with Crippen molar-refractivity contribution in [2.75, 3.05) is 10.6 Å². The van der Waals surface area contributed by atoms with Crippen LogP contribution in [-0.4, -0.2) is 32.8 Å². The summed E-state index contributed by atoms with van der Waals surface area (Å²) in [6.07, 6.45) is 0.715. The maximum absolute atomic E-state index is 14.6. The van der Waals surface area contributed by atoms with E-state index in [0.29, 0.717) is 18.5 Å². The van der Waals surface area contributed by atoms with Crippen LogP contribution in [0.1, 0.15) is 38.7 Å². The number of carboxylic acid groups (broad SMARTS) is 1. The Morgan fingerprint density at radius 1 is 1.28 bits per heavy atom. The zero-order valence-corrected chi connectivity index (χ0v) is 16.0. The molecule has 9 heteroatoms. The first kappa shape index (κ1) is 20.3. The van der Waals surface area contributed by atoms with Gasteiger partial charge in [0.25, 0.3) is 0 Å². The molecule has 0 unspecified atom stereocenters. The number of hydrogen-bond acceptors (Lipinski definition) is 5. The molecule has 29 heavy (non-hydrogen) atoms. The Balaban J connectivity index is 1.96. The van der Waals surface area contributed by atoms with Crippen molar-refractivity contribution in [1.29, 1.82) is 5.26 Å². The van der Waals surface area contributed by atoms with Crippen molar-refractivity contribution >= 4 is 23.4 Å². The van der Waals surface area contributed by atoms with Gasteiger partial charge in [-0.3, -0.25) is 4.90 Å². The number of anilines is 3. The summed E-state index contributed by atoms with van der Waals surface area (Å²) in [5.74, 6) is -1.24. The van der Waals surface area contributed by atoms with E-state index in [9.17, 15) is 23.9 Å². The average molecular weight is 401 g/mol. The smallest absolute Gasteiger partial charge is 0.409 e. The summed E-state index contributed by atoms with van der Waals surface area (Å²) in [6, 6.07) is 8.01. The zero-order valence-electron chi connectivity index (χ0n) is 16.0. The third kappa shape index (κ3) is 4.06. The van der Waals surface area contributed by atoms with E-state index in [1.807, 2.05) is 6.07 Å². The molecular weight excluding hydrogens is 380 g/mol. The number of pyridine rings is 1. The third-order valence-electron chi connectivity index (χ3n) is 4.92. The van der Waals surface area contributed by atoms with Crippen LogP contribution in [0.5, 0.6) is 0 Å². The summed E-state index contributed by atoms with van der Waals surface area (Å²) in [5, 5.41) is 24.8. The number of rotatable bonds is 6. The lowest BCUT2D eigenvalue weighted by Crippen LogP contribution is -2.63. The van der Waals surface area contributed by atoms with Crippen LogP contribution in [0, 0.1) is 23.0 Å². The van der Waals surface area contributed by atoms with Gasteiger partial charge in [-0.2, -0.15) is 5.26 Å². The molecular formula is C20H21F2N5O2. The molecule has 1 amide bonds. The summed E-state index contributed by atoms with van der Waals surface area (Å²) in [4.78, 5) is 17.2. The van der Waals surface area contributed by atoms with Gasteiger partial charge in [0.15, 0.2) is 17.5 Å². The molecule has 1 aliphatic rings. The van der Waals surface area contributed by atoms with E-state index in [2.05, 4.69) is 15.6 Å². The first-order valence-corrected chi connectivity index (χ1v) is 9.19. The van der Waals surface area contributed by atoms with Gasteiger partial charge < -0.3 is 15.7 Å². The van der Waals surface area contributed by atoms with Gasteiger partial charge in [-0.1, -0.05) is 0 Å². The highest BCUT2D eigenvalue weighted by atomic mass is 19.1. The Kier molecular flexibility index (Phi) is 5.55. The lowest BCUT2D eigenvalue weighted by molar-refractivity contribution is 0.0227. The standard InChI is InChI=1S/C20H21F2N5O2/c1-12(2)27(19(28)29)20(8-3-9-20)26-18-16(22)10-13(11-23)17(25-18)24-15-6-4-14(21)5-7-15/h4-7,10,12H,3,8-9H2,1-2H3,(H,28,29)(H2,24,25,26). The van der Waals surface area contributed by atoms with E-state index in [1.54, 1.807) is 13.8 Å². The second-order valence-corrected chi connectivity index (χ2v) is 7.22. The SMILES string of the molecule is CC(C)N(C(=O)O)C1(Nc2nc(Nc3ccc(F)cc3)c(C#N)cc2F)CCC1. The third-order valence-corrected chi connectivity index (χ3v) is 4.92. The molecule has 1 fully saturated rings. The summed E-state index contributed by atoms with van der Waals surface area (Å²) in [5.41, 5.74) is -0.519. The van der Waals surface area contributed by atoms with Crippen molar-refractivity contribution < 1.29 is 18.7 Å². The van der Waals surface area contributed by atoms with Gasteiger partial charge in [-0.15, -0.1) is 0 Å². The van der Waals surface area contributed by atoms with E-state index in [-0.39, 0.29) is 23.2 Å². The van der Waals surface area contributed by atoms with Crippen LogP contribution in [0.25, 0.3) is 0 Å². The van der Waals surface area contributed by atoms with E-state index >= 15 is 0 Å². The lowest BCUT2D eigenvalue weighted by atomic mass is 9.82. The van der Waals surface area contributed by atoms with E-state index in [1.165, 1.54) is 29.2 Å². The number of hydrogen-bond donors (Lipinski definition) is 3. The average Bonchev–Trinajstić information content (AvgIpc) is 2.63. The van der Waals surface area contributed by atoms with Crippen molar-refractivity contribution in [1.82, 2.24) is 9.88 Å². The molecule has 0 spiro atoms. The molecule has 0 aliphatic heterocycles. The maximum atomic E-state index is 14.6. The van der Waals surface area contributed by atoms with E-state index in [4.69, 9.17) is 0 Å². The Bertz CT molecular complexity index is 953. The molecule has 0 bridgehead atoms. The second kappa shape index (κ2) is 7.91. The highest BCUT2D eigenvalue weighted by molar-refractivity contribution is 5.69. The van der Waals surface area contributed by atoms with Gasteiger partial charge in [0.2, 0.25) is 0 Å². The van der Waals surface area contributed by atoms with Crippen LogP contribution in [0.15, 0.2) is 30.3 Å². The Morgan fingerprint density at radius 2 is 1.93 bits per heavy atom. The van der Waals surface area contributed by atoms with E-state index in [0.717, 1.165) is 12.5 Å². The van der Waals surface area contributed by atoms with Crippen LogP contribution >= 0.6 is 0 Å². The van der Waals surface area contributed by atoms with Crippen molar-refractivity contribution in [3.63, 3.8) is 0 Å². The molecule has 1 aliphatic carbocycles. The number of halogens is 2. The Labute approximate surface area is 167 Å². The monoisotopic (exact) mass is 401 g/mol. The molecule has 1 aromatic heterocycles. The van der Waals surface area contributed by atoms with E-state index < -0.39 is 23.4 Å². The first-order chi connectivity index (χ1) is 13.8. The maximum Gasteiger partial charge on any atom is 0.409 e. The zero-order chi connectivity index (χ0) is 21.2. The van der Waals surface area contributed by atoms with Gasteiger partial charge in [0, 0.05) is 11.7 Å². The fourth-order valence-electron chi connectivity index (χ4n) is 3.48. The Hall–Kier alpha value is -3.41.